The molecule has 3 atom stereocenters. The molecule has 0 amide bonds. The summed E-state index contributed by atoms with van der Waals surface area (Å²) in [4.78, 5) is 2.93. The summed E-state index contributed by atoms with van der Waals surface area (Å²) < 4.78 is 29.2. The van der Waals surface area contributed by atoms with Crippen molar-refractivity contribution in [3.05, 3.63) is 58.6 Å². The van der Waals surface area contributed by atoms with E-state index in [1.54, 1.807) is 30.3 Å². The van der Waals surface area contributed by atoms with Crippen molar-refractivity contribution in [2.75, 3.05) is 19.4 Å². The van der Waals surface area contributed by atoms with Gasteiger partial charge in [-0.1, -0.05) is 18.0 Å². The van der Waals surface area contributed by atoms with E-state index in [4.69, 9.17) is 16.3 Å². The molecule has 0 saturated carbocycles. The molecule has 2 heterocycles. The highest BCUT2D eigenvalue weighted by atomic mass is 35.5. The zero-order chi connectivity index (χ0) is 22.0. The number of rotatable bonds is 6. The van der Waals surface area contributed by atoms with E-state index in [9.17, 15) is 13.7 Å². The number of hydrogen-bond acceptors (Lipinski definition) is 5. The van der Waals surface area contributed by atoms with E-state index >= 15 is 0 Å². The van der Waals surface area contributed by atoms with E-state index in [1.165, 1.54) is 19.1 Å². The van der Waals surface area contributed by atoms with Crippen molar-refractivity contribution >= 4 is 21.4 Å². The van der Waals surface area contributed by atoms with Crippen LogP contribution in [0.1, 0.15) is 36.8 Å². The normalized spacial score (nSPS) is 23.8. The average molecular weight is 459 g/mol. The number of sulfone groups is 1. The Morgan fingerprint density at radius 1 is 1.19 bits per heavy atom. The molecule has 0 N–H and O–H groups in total. The quantitative estimate of drug-likeness (QED) is 0.638. The molecule has 2 saturated heterocycles. The largest absolute Gasteiger partial charge is 0.493 e. The maximum absolute atomic E-state index is 11.6. The minimum Gasteiger partial charge on any atom is -0.493 e. The Labute approximate surface area is 189 Å². The molecule has 0 aliphatic carbocycles. The molecule has 31 heavy (non-hydrogen) atoms. The highest BCUT2D eigenvalue weighted by Crippen LogP contribution is 2.36. The second kappa shape index (κ2) is 9.20. The molecule has 7 heteroatoms. The zero-order valence-corrected chi connectivity index (χ0v) is 19.2. The minimum absolute atomic E-state index is 0.307. The number of nitrogens with zero attached hydrogens (tertiary/aromatic N) is 2. The lowest BCUT2D eigenvalue weighted by Crippen LogP contribution is -2.44. The van der Waals surface area contributed by atoms with Crippen molar-refractivity contribution < 1.29 is 13.2 Å². The Morgan fingerprint density at radius 2 is 1.97 bits per heavy atom. The van der Waals surface area contributed by atoms with Gasteiger partial charge in [-0.25, -0.2) is 8.42 Å². The fraction of sp³-hybridized carbons (Fsp3) is 0.458. The van der Waals surface area contributed by atoms with Crippen molar-refractivity contribution in [3.8, 4) is 11.8 Å². The van der Waals surface area contributed by atoms with Crippen LogP contribution < -0.4 is 4.74 Å². The first-order chi connectivity index (χ1) is 14.8. The number of nitriles is 1. The smallest absolute Gasteiger partial charge is 0.175 e. The molecule has 2 aromatic rings. The highest BCUT2D eigenvalue weighted by molar-refractivity contribution is 7.90. The third-order valence-corrected chi connectivity index (χ3v) is 7.73. The minimum atomic E-state index is -3.19. The summed E-state index contributed by atoms with van der Waals surface area (Å²) in [5.74, 6) is 1.16. The molecular formula is C24H27ClN2O3S. The Balaban J connectivity index is 1.37. The number of halogens is 1. The van der Waals surface area contributed by atoms with Crippen molar-refractivity contribution in [3.63, 3.8) is 0 Å². The van der Waals surface area contributed by atoms with Gasteiger partial charge in [-0.15, -0.1) is 0 Å². The fourth-order valence-electron chi connectivity index (χ4n) is 4.97. The second-order valence-corrected chi connectivity index (χ2v) is 11.2. The summed E-state index contributed by atoms with van der Waals surface area (Å²) >= 11 is 6.20. The summed E-state index contributed by atoms with van der Waals surface area (Å²) in [6.07, 6.45) is 6.83. The maximum Gasteiger partial charge on any atom is 0.175 e. The summed E-state index contributed by atoms with van der Waals surface area (Å²) in [5.41, 5.74) is 1.74. The lowest BCUT2D eigenvalue weighted by Gasteiger charge is -2.38. The Kier molecular flexibility index (Phi) is 6.57. The maximum atomic E-state index is 11.6. The van der Waals surface area contributed by atoms with Crippen LogP contribution in [0.5, 0.6) is 5.75 Å². The van der Waals surface area contributed by atoms with E-state index in [2.05, 4.69) is 11.0 Å². The van der Waals surface area contributed by atoms with Crippen LogP contribution >= 0.6 is 11.6 Å². The van der Waals surface area contributed by atoms with Crippen LogP contribution in [-0.4, -0.2) is 44.8 Å². The predicted molar refractivity (Wildman–Crippen MR) is 121 cm³/mol. The molecule has 2 aliphatic rings. The molecule has 2 aliphatic heterocycles. The molecule has 2 fully saturated rings. The third-order valence-electron chi connectivity index (χ3n) is 6.38. The van der Waals surface area contributed by atoms with Crippen LogP contribution in [0.25, 0.3) is 0 Å². The van der Waals surface area contributed by atoms with Crippen molar-refractivity contribution in [2.24, 2.45) is 5.92 Å². The molecule has 0 bridgehead atoms. The van der Waals surface area contributed by atoms with E-state index in [-0.39, 0.29) is 0 Å². The van der Waals surface area contributed by atoms with Gasteiger partial charge in [0, 0.05) is 35.8 Å². The van der Waals surface area contributed by atoms with Crippen molar-refractivity contribution in [1.82, 2.24) is 4.90 Å². The van der Waals surface area contributed by atoms with Crippen LogP contribution in [0.15, 0.2) is 47.4 Å². The van der Waals surface area contributed by atoms with Gasteiger partial charge in [0.25, 0.3) is 0 Å². The van der Waals surface area contributed by atoms with Crippen molar-refractivity contribution in [2.45, 2.75) is 49.1 Å². The van der Waals surface area contributed by atoms with Gasteiger partial charge in [0.15, 0.2) is 9.84 Å². The Bertz CT molecular complexity index is 1080. The molecule has 1 unspecified atom stereocenters. The second-order valence-electron chi connectivity index (χ2n) is 8.76. The first kappa shape index (κ1) is 22.1. The van der Waals surface area contributed by atoms with Gasteiger partial charge < -0.3 is 4.74 Å². The topological polar surface area (TPSA) is 70.4 Å². The molecular weight excluding hydrogens is 432 g/mol. The highest BCUT2D eigenvalue weighted by Gasteiger charge is 2.38. The van der Waals surface area contributed by atoms with Crippen LogP contribution in [0, 0.1) is 17.2 Å². The van der Waals surface area contributed by atoms with Crippen LogP contribution in [-0.2, 0) is 16.3 Å². The van der Waals surface area contributed by atoms with Gasteiger partial charge in [0.05, 0.1) is 23.1 Å². The van der Waals surface area contributed by atoms with Gasteiger partial charge in [-0.3, -0.25) is 4.90 Å². The first-order valence-corrected chi connectivity index (χ1v) is 13.0. The number of ether oxygens (including phenoxy) is 1. The SMILES string of the molecule is CS(=O)(=O)c1ccc(OC[C@H]2CC3CCC[C@@H](Cc4cc(Cl)cc(C#N)c4)N3C2)cc1. The van der Waals surface area contributed by atoms with E-state index in [0.29, 0.717) is 45.8 Å². The molecule has 0 aromatic heterocycles. The summed E-state index contributed by atoms with van der Waals surface area (Å²) in [7, 11) is -3.19. The standard InChI is InChI=1S/C24H27ClN2O3S/c1-31(28,29)24-7-5-23(6-8-24)30-16-19-13-22-4-2-3-21(27(22)15-19)12-17-9-18(14-26)11-20(25)10-17/h5-11,19,21-22H,2-4,12-13,15-16H2,1H3/t19-,21-,22?/m0/s1. The van der Waals surface area contributed by atoms with Crippen LogP contribution in [0.4, 0.5) is 0 Å². The molecule has 2 aromatic carbocycles. The molecule has 4 rings (SSSR count). The Hall–Kier alpha value is -2.07. The van der Waals surface area contributed by atoms with E-state index in [1.807, 2.05) is 12.1 Å². The lowest BCUT2D eigenvalue weighted by molar-refractivity contribution is 0.119. The summed E-state index contributed by atoms with van der Waals surface area (Å²) in [5, 5.41) is 9.84. The van der Waals surface area contributed by atoms with E-state index < -0.39 is 9.84 Å². The molecule has 0 spiro atoms. The first-order valence-electron chi connectivity index (χ1n) is 10.7. The van der Waals surface area contributed by atoms with Gasteiger partial charge in [-0.2, -0.15) is 5.26 Å². The molecule has 164 valence electrons. The third kappa shape index (κ3) is 5.41. The van der Waals surface area contributed by atoms with Gasteiger partial charge in [0.1, 0.15) is 5.75 Å². The van der Waals surface area contributed by atoms with Gasteiger partial charge >= 0.3 is 0 Å². The number of hydrogen-bond donors (Lipinski definition) is 0. The number of fused-ring (bicyclic) bond motifs is 1. The summed E-state index contributed by atoms with van der Waals surface area (Å²) in [6, 6.07) is 15.5. The molecule has 5 nitrogen and oxygen atoms in total. The van der Waals surface area contributed by atoms with Gasteiger partial charge in [0.2, 0.25) is 0 Å². The van der Waals surface area contributed by atoms with Crippen molar-refractivity contribution in [1.29, 1.82) is 5.26 Å². The lowest BCUT2D eigenvalue weighted by atomic mass is 9.91. The number of benzene rings is 2. The van der Waals surface area contributed by atoms with Crippen LogP contribution in [0.2, 0.25) is 5.02 Å². The van der Waals surface area contributed by atoms with E-state index in [0.717, 1.165) is 31.4 Å². The Morgan fingerprint density at radius 3 is 2.68 bits per heavy atom. The monoisotopic (exact) mass is 458 g/mol. The van der Waals surface area contributed by atoms with Gasteiger partial charge in [-0.05, 0) is 73.7 Å². The average Bonchev–Trinajstić information content (AvgIpc) is 3.16. The number of piperidine rings is 1. The molecule has 0 radical (unpaired) electrons. The summed E-state index contributed by atoms with van der Waals surface area (Å²) in [6.45, 7) is 1.64. The fourth-order valence-corrected chi connectivity index (χ4v) is 5.86. The zero-order valence-electron chi connectivity index (χ0n) is 17.6. The predicted octanol–water partition coefficient (Wildman–Crippen LogP) is 4.48. The van der Waals surface area contributed by atoms with Crippen LogP contribution in [0.3, 0.4) is 0 Å².